The van der Waals surface area contributed by atoms with Gasteiger partial charge in [0, 0.05) is 25.0 Å². The van der Waals surface area contributed by atoms with Crippen molar-refractivity contribution in [2.45, 2.75) is 31.5 Å². The molecule has 2 rings (SSSR count). The summed E-state index contributed by atoms with van der Waals surface area (Å²) in [7, 11) is 1.66. The number of aliphatic hydroxyl groups excluding tert-OH is 1. The molecule has 5 nitrogen and oxygen atoms in total. The number of aliphatic hydroxyl groups is 1. The molecular weight excluding hydrogens is 228 g/mol. The molecule has 1 aliphatic rings. The van der Waals surface area contributed by atoms with Crippen molar-refractivity contribution in [3.8, 4) is 0 Å². The lowest BCUT2D eigenvalue weighted by atomic mass is 10.1. The molecule has 3 unspecified atom stereocenters. The Morgan fingerprint density at radius 3 is 3.06 bits per heavy atom. The van der Waals surface area contributed by atoms with Gasteiger partial charge in [-0.1, -0.05) is 5.16 Å². The van der Waals surface area contributed by atoms with Gasteiger partial charge in [-0.15, -0.1) is 0 Å². The van der Waals surface area contributed by atoms with Crippen molar-refractivity contribution in [2.75, 3.05) is 18.6 Å². The van der Waals surface area contributed by atoms with Crippen LogP contribution in [0.1, 0.15) is 24.6 Å². The van der Waals surface area contributed by atoms with Crippen LogP contribution in [0.3, 0.4) is 0 Å². The van der Waals surface area contributed by atoms with Gasteiger partial charge < -0.3 is 14.4 Å². The van der Waals surface area contributed by atoms with Crippen LogP contribution in [-0.2, 0) is 11.2 Å². The lowest BCUT2D eigenvalue weighted by Gasteiger charge is -2.07. The van der Waals surface area contributed by atoms with E-state index in [9.17, 15) is 5.11 Å². The monoisotopic (exact) mass is 244 g/mol. The standard InChI is InChI=1S/C10H16N2O3S/c1-6(14-2)3-9-11-10(15-12-9)7-4-16-5-8(7)13/h6-8,13H,3-5H2,1-2H3. The molecule has 0 bridgehead atoms. The predicted octanol–water partition coefficient (Wildman–Crippen LogP) is 0.838. The molecule has 0 aliphatic carbocycles. The first-order valence-electron chi connectivity index (χ1n) is 5.31. The van der Waals surface area contributed by atoms with Gasteiger partial charge in [0.25, 0.3) is 0 Å². The SMILES string of the molecule is COC(C)Cc1noc(C2CSCC2O)n1. The second-order valence-electron chi connectivity index (χ2n) is 4.01. The Balaban J connectivity index is 2.01. The van der Waals surface area contributed by atoms with E-state index in [4.69, 9.17) is 9.26 Å². The van der Waals surface area contributed by atoms with Crippen LogP contribution in [0.2, 0.25) is 0 Å². The van der Waals surface area contributed by atoms with Gasteiger partial charge in [-0.2, -0.15) is 16.7 Å². The van der Waals surface area contributed by atoms with Crippen molar-refractivity contribution in [3.05, 3.63) is 11.7 Å². The summed E-state index contributed by atoms with van der Waals surface area (Å²) in [6, 6.07) is 0. The molecule has 3 atom stereocenters. The van der Waals surface area contributed by atoms with E-state index >= 15 is 0 Å². The van der Waals surface area contributed by atoms with Gasteiger partial charge in [-0.05, 0) is 6.92 Å². The number of aromatic nitrogens is 2. The molecular formula is C10H16N2O3S. The number of methoxy groups -OCH3 is 1. The first-order chi connectivity index (χ1) is 7.70. The van der Waals surface area contributed by atoms with E-state index in [0.717, 1.165) is 11.5 Å². The average Bonchev–Trinajstić information content (AvgIpc) is 2.86. The number of rotatable bonds is 4. The first-order valence-corrected chi connectivity index (χ1v) is 6.47. The van der Waals surface area contributed by atoms with Crippen LogP contribution < -0.4 is 0 Å². The Hall–Kier alpha value is -0.590. The summed E-state index contributed by atoms with van der Waals surface area (Å²) in [5.74, 6) is 2.79. The van der Waals surface area contributed by atoms with Crippen molar-refractivity contribution >= 4 is 11.8 Å². The second-order valence-corrected chi connectivity index (χ2v) is 5.09. The maximum Gasteiger partial charge on any atom is 0.233 e. The lowest BCUT2D eigenvalue weighted by Crippen LogP contribution is -2.16. The van der Waals surface area contributed by atoms with Crippen molar-refractivity contribution in [1.29, 1.82) is 0 Å². The molecule has 6 heteroatoms. The van der Waals surface area contributed by atoms with Gasteiger partial charge in [-0.3, -0.25) is 0 Å². The maximum atomic E-state index is 9.71. The van der Waals surface area contributed by atoms with Gasteiger partial charge in [0.1, 0.15) is 0 Å². The zero-order chi connectivity index (χ0) is 11.5. The summed E-state index contributed by atoms with van der Waals surface area (Å²) in [5, 5.41) is 13.6. The molecule has 2 heterocycles. The Bertz CT molecular complexity index is 345. The summed E-state index contributed by atoms with van der Waals surface area (Å²) in [6.07, 6.45) is 0.349. The third-order valence-electron chi connectivity index (χ3n) is 2.72. The van der Waals surface area contributed by atoms with Crippen LogP contribution in [0, 0.1) is 0 Å². The van der Waals surface area contributed by atoms with Gasteiger partial charge in [0.15, 0.2) is 5.82 Å². The maximum absolute atomic E-state index is 9.71. The van der Waals surface area contributed by atoms with Crippen LogP contribution in [0.5, 0.6) is 0 Å². The lowest BCUT2D eigenvalue weighted by molar-refractivity contribution is 0.116. The third kappa shape index (κ3) is 2.56. The largest absolute Gasteiger partial charge is 0.391 e. The normalized spacial score (nSPS) is 27.2. The molecule has 0 aromatic carbocycles. The van der Waals surface area contributed by atoms with E-state index in [1.165, 1.54) is 0 Å². The van der Waals surface area contributed by atoms with E-state index in [0.29, 0.717) is 18.1 Å². The Morgan fingerprint density at radius 1 is 1.62 bits per heavy atom. The molecule has 1 fully saturated rings. The molecule has 1 aromatic rings. The number of nitrogens with zero attached hydrogens (tertiary/aromatic N) is 2. The van der Waals surface area contributed by atoms with Crippen LogP contribution in [0.4, 0.5) is 0 Å². The topological polar surface area (TPSA) is 68.4 Å². The zero-order valence-corrected chi connectivity index (χ0v) is 10.2. The quantitative estimate of drug-likeness (QED) is 0.846. The zero-order valence-electron chi connectivity index (χ0n) is 9.42. The highest BCUT2D eigenvalue weighted by Gasteiger charge is 2.32. The highest BCUT2D eigenvalue weighted by atomic mass is 32.2. The molecule has 0 saturated carbocycles. The predicted molar refractivity (Wildman–Crippen MR) is 60.5 cm³/mol. The van der Waals surface area contributed by atoms with E-state index in [2.05, 4.69) is 10.1 Å². The van der Waals surface area contributed by atoms with Crippen LogP contribution in [0.15, 0.2) is 4.52 Å². The Kier molecular flexibility index (Phi) is 3.83. The van der Waals surface area contributed by atoms with Gasteiger partial charge >= 0.3 is 0 Å². The molecule has 1 aromatic heterocycles. The average molecular weight is 244 g/mol. The van der Waals surface area contributed by atoms with Crippen LogP contribution in [-0.4, -0.2) is 46.1 Å². The number of ether oxygens (including phenoxy) is 1. The fourth-order valence-corrected chi connectivity index (χ4v) is 2.85. The molecule has 1 N–H and O–H groups in total. The Labute approximate surface area is 98.6 Å². The Morgan fingerprint density at radius 2 is 2.44 bits per heavy atom. The molecule has 0 radical (unpaired) electrons. The number of hydrogen-bond acceptors (Lipinski definition) is 6. The van der Waals surface area contributed by atoms with Gasteiger partial charge in [0.2, 0.25) is 5.89 Å². The highest BCUT2D eigenvalue weighted by Crippen LogP contribution is 2.31. The summed E-state index contributed by atoms with van der Waals surface area (Å²) in [4.78, 5) is 4.30. The molecule has 1 saturated heterocycles. The molecule has 0 spiro atoms. The van der Waals surface area contributed by atoms with Gasteiger partial charge in [0.05, 0.1) is 18.1 Å². The van der Waals surface area contributed by atoms with E-state index in [1.54, 1.807) is 18.9 Å². The van der Waals surface area contributed by atoms with Crippen molar-refractivity contribution in [2.24, 2.45) is 0 Å². The molecule has 16 heavy (non-hydrogen) atoms. The second kappa shape index (κ2) is 5.16. The van der Waals surface area contributed by atoms with E-state index in [-0.39, 0.29) is 18.1 Å². The van der Waals surface area contributed by atoms with Crippen molar-refractivity contribution in [3.63, 3.8) is 0 Å². The highest BCUT2D eigenvalue weighted by molar-refractivity contribution is 7.99. The minimum atomic E-state index is -0.363. The molecule has 90 valence electrons. The van der Waals surface area contributed by atoms with Crippen LogP contribution in [0.25, 0.3) is 0 Å². The van der Waals surface area contributed by atoms with Crippen molar-refractivity contribution < 1.29 is 14.4 Å². The summed E-state index contributed by atoms with van der Waals surface area (Å²) in [6.45, 7) is 1.95. The molecule has 1 aliphatic heterocycles. The number of thioether (sulfide) groups is 1. The minimum Gasteiger partial charge on any atom is -0.391 e. The van der Waals surface area contributed by atoms with Crippen LogP contribution >= 0.6 is 11.8 Å². The fraction of sp³-hybridized carbons (Fsp3) is 0.800. The number of hydrogen-bond donors (Lipinski definition) is 1. The van der Waals surface area contributed by atoms with Crippen molar-refractivity contribution in [1.82, 2.24) is 10.1 Å². The molecule has 0 amide bonds. The third-order valence-corrected chi connectivity index (χ3v) is 3.90. The van der Waals surface area contributed by atoms with E-state index in [1.807, 2.05) is 6.92 Å². The summed E-state index contributed by atoms with van der Waals surface area (Å²) >= 11 is 1.71. The van der Waals surface area contributed by atoms with E-state index < -0.39 is 0 Å². The minimum absolute atomic E-state index is 0.0101. The smallest absolute Gasteiger partial charge is 0.233 e. The van der Waals surface area contributed by atoms with Gasteiger partial charge in [-0.25, -0.2) is 0 Å². The summed E-state index contributed by atoms with van der Waals surface area (Å²) in [5.41, 5.74) is 0. The summed E-state index contributed by atoms with van der Waals surface area (Å²) < 4.78 is 10.3. The fourth-order valence-electron chi connectivity index (χ4n) is 1.62. The first kappa shape index (κ1) is 11.9.